The number of H-pyrrole nitrogens is 1. The maximum absolute atomic E-state index is 5.41. The van der Waals surface area contributed by atoms with Crippen LogP contribution in [0.25, 0.3) is 32.6 Å². The van der Waals surface area contributed by atoms with Crippen molar-refractivity contribution in [2.75, 3.05) is 14.2 Å². The predicted molar refractivity (Wildman–Crippen MR) is 92.1 cm³/mol. The number of fused-ring (bicyclic) bond motifs is 5. The summed E-state index contributed by atoms with van der Waals surface area (Å²) >= 11 is 0. The highest BCUT2D eigenvalue weighted by molar-refractivity contribution is 6.21. The molecule has 0 bridgehead atoms. The molecule has 4 rings (SSSR count). The second-order valence-electron chi connectivity index (χ2n) is 5.75. The summed E-state index contributed by atoms with van der Waals surface area (Å²) in [5.74, 6) is 0.890. The average molecular weight is 418 g/mol. The molecule has 4 heteroatoms. The molecule has 0 aliphatic heterocycles. The molecule has 1 aromatic heterocycles. The number of hydrogen-bond donors (Lipinski definition) is 2. The zero-order valence-electron chi connectivity index (χ0n) is 13.4. The van der Waals surface area contributed by atoms with E-state index in [2.05, 4.69) is 60.7 Å². The van der Waals surface area contributed by atoms with Crippen molar-refractivity contribution in [3.8, 4) is 5.75 Å². The van der Waals surface area contributed by atoms with Gasteiger partial charge in [-0.25, -0.2) is 0 Å². The van der Waals surface area contributed by atoms with Crippen molar-refractivity contribution in [3.05, 3.63) is 48.0 Å². The SMILES string of the molecule is C[NH2+]c1ccc2cc(C)c3[nH]c4ccc(OC)cc4c3c2c1.[I-]. The summed E-state index contributed by atoms with van der Waals surface area (Å²) in [6.07, 6.45) is 0. The molecule has 0 unspecified atom stereocenters. The van der Waals surface area contributed by atoms with Crippen LogP contribution in [0, 0.1) is 6.92 Å². The fraction of sp³-hybridized carbons (Fsp3) is 0.158. The van der Waals surface area contributed by atoms with Gasteiger partial charge >= 0.3 is 0 Å². The summed E-state index contributed by atoms with van der Waals surface area (Å²) in [6, 6.07) is 15.1. The number of benzene rings is 3. The third-order valence-electron chi connectivity index (χ3n) is 4.45. The molecule has 0 saturated carbocycles. The summed E-state index contributed by atoms with van der Waals surface area (Å²) in [5, 5.41) is 7.21. The van der Waals surface area contributed by atoms with Crippen molar-refractivity contribution in [2.24, 2.45) is 0 Å². The van der Waals surface area contributed by atoms with Crippen molar-refractivity contribution >= 4 is 38.3 Å². The second-order valence-corrected chi connectivity index (χ2v) is 5.75. The number of aryl methyl sites for hydroxylation is 1. The van der Waals surface area contributed by atoms with Crippen molar-refractivity contribution in [3.63, 3.8) is 0 Å². The fourth-order valence-corrected chi connectivity index (χ4v) is 3.27. The standard InChI is InChI=1S/C19H18N2O.HI/c1-11-8-12-4-5-13(20-2)9-15(12)18-16-10-14(22-3)6-7-17(16)21-19(11)18;/h4-10,20-21H,1-3H3;1H. The lowest BCUT2D eigenvalue weighted by molar-refractivity contribution is -0.539. The van der Waals surface area contributed by atoms with E-state index in [-0.39, 0.29) is 24.0 Å². The van der Waals surface area contributed by atoms with E-state index in [1.54, 1.807) is 7.11 Å². The Labute approximate surface area is 152 Å². The van der Waals surface area contributed by atoms with Gasteiger partial charge in [0.1, 0.15) is 11.4 Å². The molecule has 118 valence electrons. The number of quaternary nitrogens is 1. The molecular weight excluding hydrogens is 399 g/mol. The first-order valence-electron chi connectivity index (χ1n) is 7.53. The van der Waals surface area contributed by atoms with Gasteiger partial charge in [0.25, 0.3) is 0 Å². The molecule has 3 N–H and O–H groups in total. The van der Waals surface area contributed by atoms with Crippen LogP contribution in [0.3, 0.4) is 0 Å². The van der Waals surface area contributed by atoms with E-state index in [4.69, 9.17) is 4.74 Å². The number of rotatable bonds is 2. The van der Waals surface area contributed by atoms with Crippen LogP contribution < -0.4 is 34.0 Å². The van der Waals surface area contributed by atoms with Crippen molar-refractivity contribution in [1.29, 1.82) is 0 Å². The summed E-state index contributed by atoms with van der Waals surface area (Å²) in [5.41, 5.74) is 4.88. The molecule has 1 heterocycles. The molecule has 0 saturated heterocycles. The van der Waals surface area contributed by atoms with Gasteiger partial charge in [0, 0.05) is 22.4 Å². The molecular formula is C19H19IN2O. The Morgan fingerprint density at radius 3 is 2.57 bits per heavy atom. The average Bonchev–Trinajstić information content (AvgIpc) is 2.94. The van der Waals surface area contributed by atoms with E-state index in [1.807, 2.05) is 6.07 Å². The third-order valence-corrected chi connectivity index (χ3v) is 4.45. The number of nitrogens with one attached hydrogen (secondary N) is 1. The van der Waals surface area contributed by atoms with Crippen LogP contribution in [0.15, 0.2) is 42.5 Å². The van der Waals surface area contributed by atoms with Crippen LogP contribution in [0.4, 0.5) is 5.69 Å². The van der Waals surface area contributed by atoms with Crippen LogP contribution >= 0.6 is 0 Å². The fourth-order valence-electron chi connectivity index (χ4n) is 3.27. The lowest BCUT2D eigenvalue weighted by Crippen LogP contribution is -3.00. The summed E-state index contributed by atoms with van der Waals surface area (Å²) < 4.78 is 5.41. The Balaban J connectivity index is 0.00000156. The minimum absolute atomic E-state index is 0. The van der Waals surface area contributed by atoms with E-state index in [9.17, 15) is 0 Å². The molecule has 3 aromatic carbocycles. The molecule has 0 atom stereocenters. The zero-order chi connectivity index (χ0) is 15.3. The molecule has 4 aromatic rings. The number of ether oxygens (including phenoxy) is 1. The van der Waals surface area contributed by atoms with Gasteiger partial charge < -0.3 is 39.0 Å². The maximum atomic E-state index is 5.41. The minimum Gasteiger partial charge on any atom is -1.00 e. The van der Waals surface area contributed by atoms with Gasteiger partial charge in [-0.05, 0) is 59.7 Å². The molecule has 0 aliphatic rings. The number of aromatic nitrogens is 1. The first-order chi connectivity index (χ1) is 10.7. The molecule has 0 fully saturated rings. The lowest BCUT2D eigenvalue weighted by Gasteiger charge is -2.05. The number of halogens is 1. The Hall–Kier alpha value is -1.79. The topological polar surface area (TPSA) is 41.6 Å². The maximum Gasteiger partial charge on any atom is 0.130 e. The van der Waals surface area contributed by atoms with Gasteiger partial charge in [-0.3, -0.25) is 0 Å². The van der Waals surface area contributed by atoms with Crippen molar-refractivity contribution < 1.29 is 34.0 Å². The van der Waals surface area contributed by atoms with Gasteiger partial charge in [-0.1, -0.05) is 0 Å². The van der Waals surface area contributed by atoms with Crippen LogP contribution in [-0.4, -0.2) is 19.1 Å². The monoisotopic (exact) mass is 418 g/mol. The number of nitrogens with two attached hydrogens (primary N) is 1. The Bertz CT molecular complexity index is 1020. The number of hydrogen-bond acceptors (Lipinski definition) is 1. The number of methoxy groups -OCH3 is 1. The smallest absolute Gasteiger partial charge is 0.130 e. The van der Waals surface area contributed by atoms with Gasteiger partial charge in [0.05, 0.1) is 19.7 Å². The largest absolute Gasteiger partial charge is 1.00 e. The molecule has 0 radical (unpaired) electrons. The summed E-state index contributed by atoms with van der Waals surface area (Å²) in [6.45, 7) is 2.16. The normalized spacial score (nSPS) is 11.1. The van der Waals surface area contributed by atoms with Gasteiger partial charge in [-0.2, -0.15) is 0 Å². The Morgan fingerprint density at radius 2 is 1.83 bits per heavy atom. The van der Waals surface area contributed by atoms with E-state index in [1.165, 1.54) is 38.3 Å². The molecule has 0 amide bonds. The molecule has 23 heavy (non-hydrogen) atoms. The van der Waals surface area contributed by atoms with E-state index < -0.39 is 0 Å². The van der Waals surface area contributed by atoms with E-state index in [0.29, 0.717) is 0 Å². The summed E-state index contributed by atoms with van der Waals surface area (Å²) in [7, 11) is 3.79. The molecule has 0 spiro atoms. The molecule has 0 aliphatic carbocycles. The van der Waals surface area contributed by atoms with Crippen LogP contribution in [0.2, 0.25) is 0 Å². The van der Waals surface area contributed by atoms with Crippen molar-refractivity contribution in [2.45, 2.75) is 6.92 Å². The van der Waals surface area contributed by atoms with Gasteiger partial charge in [0.15, 0.2) is 0 Å². The third kappa shape index (κ3) is 2.46. The van der Waals surface area contributed by atoms with Crippen molar-refractivity contribution in [1.82, 2.24) is 4.98 Å². The summed E-state index contributed by atoms with van der Waals surface area (Å²) in [4.78, 5) is 3.56. The van der Waals surface area contributed by atoms with Gasteiger partial charge in [-0.15, -0.1) is 0 Å². The zero-order valence-corrected chi connectivity index (χ0v) is 15.6. The minimum atomic E-state index is 0. The second kappa shape index (κ2) is 6.02. The first kappa shape index (κ1) is 16.1. The van der Waals surface area contributed by atoms with Crippen LogP contribution in [0.1, 0.15) is 5.56 Å². The first-order valence-corrected chi connectivity index (χ1v) is 7.53. The highest BCUT2D eigenvalue weighted by Crippen LogP contribution is 2.36. The van der Waals surface area contributed by atoms with Crippen LogP contribution in [0.5, 0.6) is 5.75 Å². The molecule has 3 nitrogen and oxygen atoms in total. The van der Waals surface area contributed by atoms with E-state index >= 15 is 0 Å². The van der Waals surface area contributed by atoms with E-state index in [0.717, 1.165) is 11.3 Å². The Kier molecular flexibility index (Phi) is 4.21. The highest BCUT2D eigenvalue weighted by atomic mass is 127. The van der Waals surface area contributed by atoms with Gasteiger partial charge in [0.2, 0.25) is 0 Å². The lowest BCUT2D eigenvalue weighted by atomic mass is 10.00. The highest BCUT2D eigenvalue weighted by Gasteiger charge is 2.12. The number of aromatic amines is 1. The Morgan fingerprint density at radius 1 is 1.00 bits per heavy atom. The quantitative estimate of drug-likeness (QED) is 0.364. The van der Waals surface area contributed by atoms with Crippen LogP contribution in [-0.2, 0) is 0 Å². The predicted octanol–water partition coefficient (Wildman–Crippen LogP) is 0.620.